The maximum atomic E-state index is 13.3. The molecular weight excluding hydrogens is 395 g/mol. The summed E-state index contributed by atoms with van der Waals surface area (Å²) < 4.78 is 40.6. The maximum absolute atomic E-state index is 13.3. The minimum Gasteiger partial charge on any atom is -0.324 e. The van der Waals surface area contributed by atoms with E-state index < -0.39 is 29.4 Å². The van der Waals surface area contributed by atoms with Gasteiger partial charge in [-0.05, 0) is 43.7 Å². The predicted octanol–water partition coefficient (Wildman–Crippen LogP) is 4.58. The minimum absolute atomic E-state index is 0.0342. The zero-order valence-corrected chi connectivity index (χ0v) is 15.6. The van der Waals surface area contributed by atoms with Crippen LogP contribution in [0.3, 0.4) is 0 Å². The first-order chi connectivity index (χ1) is 13.1. The first kappa shape index (κ1) is 19.9. The summed E-state index contributed by atoms with van der Waals surface area (Å²) in [4.78, 5) is 28.7. The Balaban J connectivity index is 2.11. The van der Waals surface area contributed by atoms with Gasteiger partial charge in [0, 0.05) is 10.7 Å². The number of aryl methyl sites for hydroxylation is 1. The molecule has 1 amide bonds. The molecule has 1 aromatic heterocycles. The van der Waals surface area contributed by atoms with Gasteiger partial charge in [0.05, 0.1) is 11.0 Å². The van der Waals surface area contributed by atoms with Gasteiger partial charge in [-0.2, -0.15) is 13.2 Å². The number of rotatable bonds is 3. The van der Waals surface area contributed by atoms with E-state index in [2.05, 4.69) is 10.3 Å². The lowest BCUT2D eigenvalue weighted by atomic mass is 10.2. The van der Waals surface area contributed by atoms with Gasteiger partial charge in [-0.1, -0.05) is 29.8 Å². The summed E-state index contributed by atoms with van der Waals surface area (Å²) in [6.45, 7) is 3.09. The molecule has 0 aliphatic rings. The molecule has 1 unspecified atom stereocenters. The van der Waals surface area contributed by atoms with Crippen LogP contribution in [0.25, 0.3) is 11.0 Å². The number of halogens is 4. The second kappa shape index (κ2) is 7.27. The molecule has 9 heteroatoms. The van der Waals surface area contributed by atoms with Gasteiger partial charge in [0.2, 0.25) is 11.6 Å². The van der Waals surface area contributed by atoms with E-state index in [0.717, 1.165) is 4.57 Å². The molecule has 0 saturated carbocycles. The Hall–Kier alpha value is -2.87. The SMILES string of the molecule is Cc1ccc(Cl)cc1NC(=O)C(C)n1c(=O)c(C(F)(F)F)nc2ccccc21. The lowest BCUT2D eigenvalue weighted by Crippen LogP contribution is -2.36. The fraction of sp³-hybridized carbons (Fsp3) is 0.211. The van der Waals surface area contributed by atoms with Crippen LogP contribution >= 0.6 is 11.6 Å². The molecule has 1 heterocycles. The molecule has 0 saturated heterocycles. The monoisotopic (exact) mass is 409 g/mol. The minimum atomic E-state index is -4.94. The molecule has 0 radical (unpaired) electrons. The van der Waals surface area contributed by atoms with Crippen LogP contribution < -0.4 is 10.9 Å². The number of carbonyl (C=O) groups is 1. The van der Waals surface area contributed by atoms with Crippen LogP contribution in [-0.2, 0) is 11.0 Å². The van der Waals surface area contributed by atoms with Crippen molar-refractivity contribution in [2.75, 3.05) is 5.32 Å². The van der Waals surface area contributed by atoms with Crippen molar-refractivity contribution in [1.29, 1.82) is 0 Å². The molecule has 0 aliphatic carbocycles. The molecule has 146 valence electrons. The first-order valence-electron chi connectivity index (χ1n) is 8.25. The van der Waals surface area contributed by atoms with E-state index in [0.29, 0.717) is 16.3 Å². The third-order valence-corrected chi connectivity index (χ3v) is 4.52. The van der Waals surface area contributed by atoms with Gasteiger partial charge in [-0.25, -0.2) is 4.98 Å². The van der Waals surface area contributed by atoms with Crippen LogP contribution in [0.5, 0.6) is 0 Å². The smallest absolute Gasteiger partial charge is 0.324 e. The number of anilines is 1. The predicted molar refractivity (Wildman–Crippen MR) is 101 cm³/mol. The van der Waals surface area contributed by atoms with Crippen molar-refractivity contribution in [3.05, 3.63) is 69.1 Å². The Morgan fingerprint density at radius 3 is 2.57 bits per heavy atom. The largest absolute Gasteiger partial charge is 0.438 e. The van der Waals surface area contributed by atoms with Gasteiger partial charge in [0.25, 0.3) is 5.56 Å². The molecule has 0 spiro atoms. The number of hydrogen-bond donors (Lipinski definition) is 1. The van der Waals surface area contributed by atoms with Crippen LogP contribution in [0.2, 0.25) is 5.02 Å². The second-order valence-corrected chi connectivity index (χ2v) is 6.68. The van der Waals surface area contributed by atoms with Crippen molar-refractivity contribution in [2.45, 2.75) is 26.1 Å². The number of nitrogens with zero attached hydrogens (tertiary/aromatic N) is 2. The second-order valence-electron chi connectivity index (χ2n) is 6.25. The molecule has 0 aliphatic heterocycles. The van der Waals surface area contributed by atoms with E-state index in [1.807, 2.05) is 0 Å². The molecule has 1 N–H and O–H groups in total. The van der Waals surface area contributed by atoms with Gasteiger partial charge in [-0.3, -0.25) is 14.2 Å². The number of para-hydroxylation sites is 2. The van der Waals surface area contributed by atoms with Crippen molar-refractivity contribution in [1.82, 2.24) is 9.55 Å². The third kappa shape index (κ3) is 3.73. The molecule has 3 rings (SSSR count). The standard InChI is InChI=1S/C19H15ClF3N3O2/c1-10-7-8-12(20)9-14(10)25-17(27)11(2)26-15-6-4-3-5-13(15)24-16(18(26)28)19(21,22)23/h3-9,11H,1-2H3,(H,25,27). The summed E-state index contributed by atoms with van der Waals surface area (Å²) >= 11 is 5.93. The van der Waals surface area contributed by atoms with Gasteiger partial charge in [0.15, 0.2) is 0 Å². The van der Waals surface area contributed by atoms with E-state index in [9.17, 15) is 22.8 Å². The maximum Gasteiger partial charge on any atom is 0.438 e. The van der Waals surface area contributed by atoms with E-state index in [4.69, 9.17) is 11.6 Å². The molecule has 1 atom stereocenters. The topological polar surface area (TPSA) is 64.0 Å². The zero-order valence-electron chi connectivity index (χ0n) is 14.8. The highest BCUT2D eigenvalue weighted by atomic mass is 35.5. The van der Waals surface area contributed by atoms with Gasteiger partial charge in [0.1, 0.15) is 6.04 Å². The van der Waals surface area contributed by atoms with E-state index in [1.165, 1.54) is 31.2 Å². The van der Waals surface area contributed by atoms with E-state index >= 15 is 0 Å². The Kier molecular flexibility index (Phi) is 5.16. The average molecular weight is 410 g/mol. The molecule has 2 aromatic carbocycles. The number of hydrogen-bond acceptors (Lipinski definition) is 3. The number of carbonyl (C=O) groups excluding carboxylic acids is 1. The van der Waals surface area contributed by atoms with Gasteiger partial charge >= 0.3 is 6.18 Å². The Bertz CT molecular complexity index is 1130. The Labute approximate surface area is 162 Å². The normalized spacial score (nSPS) is 12.8. The van der Waals surface area contributed by atoms with Crippen LogP contribution in [0.4, 0.5) is 18.9 Å². The van der Waals surface area contributed by atoms with Crippen LogP contribution in [0.1, 0.15) is 24.2 Å². The Morgan fingerprint density at radius 1 is 1.21 bits per heavy atom. The summed E-state index contributed by atoms with van der Waals surface area (Å²) in [6, 6.07) is 9.49. The number of alkyl halides is 3. The van der Waals surface area contributed by atoms with Crippen molar-refractivity contribution < 1.29 is 18.0 Å². The number of nitrogens with one attached hydrogen (secondary N) is 1. The molecule has 0 bridgehead atoms. The van der Waals surface area contributed by atoms with Gasteiger partial charge in [-0.15, -0.1) is 0 Å². The van der Waals surface area contributed by atoms with Crippen molar-refractivity contribution in [3.8, 4) is 0 Å². The summed E-state index contributed by atoms with van der Waals surface area (Å²) in [7, 11) is 0. The number of fused-ring (bicyclic) bond motifs is 1. The first-order valence-corrected chi connectivity index (χ1v) is 8.63. The highest BCUT2D eigenvalue weighted by Gasteiger charge is 2.38. The number of amides is 1. The highest BCUT2D eigenvalue weighted by Crippen LogP contribution is 2.28. The summed E-state index contributed by atoms with van der Waals surface area (Å²) in [5.41, 5.74) is -1.72. The number of aromatic nitrogens is 2. The van der Waals surface area contributed by atoms with Crippen LogP contribution in [-0.4, -0.2) is 15.5 Å². The molecular formula is C19H15ClF3N3O2. The highest BCUT2D eigenvalue weighted by molar-refractivity contribution is 6.31. The van der Waals surface area contributed by atoms with Gasteiger partial charge < -0.3 is 5.32 Å². The Morgan fingerprint density at radius 2 is 1.89 bits per heavy atom. The van der Waals surface area contributed by atoms with Crippen molar-refractivity contribution in [3.63, 3.8) is 0 Å². The summed E-state index contributed by atoms with van der Waals surface area (Å²) in [6.07, 6.45) is -4.94. The molecule has 5 nitrogen and oxygen atoms in total. The van der Waals surface area contributed by atoms with Crippen LogP contribution in [0, 0.1) is 6.92 Å². The summed E-state index contributed by atoms with van der Waals surface area (Å²) in [5, 5.41) is 3.00. The number of benzene rings is 2. The molecule has 3 aromatic rings. The van der Waals surface area contributed by atoms with E-state index in [1.54, 1.807) is 25.1 Å². The zero-order chi connectivity index (χ0) is 20.6. The van der Waals surface area contributed by atoms with Crippen LogP contribution in [0.15, 0.2) is 47.3 Å². The molecule has 0 fully saturated rings. The summed E-state index contributed by atoms with van der Waals surface area (Å²) in [5.74, 6) is -0.656. The average Bonchev–Trinajstić information content (AvgIpc) is 2.62. The third-order valence-electron chi connectivity index (χ3n) is 4.29. The quantitative estimate of drug-likeness (QED) is 0.688. The van der Waals surface area contributed by atoms with E-state index in [-0.39, 0.29) is 11.0 Å². The van der Waals surface area contributed by atoms with Crippen molar-refractivity contribution >= 4 is 34.2 Å². The fourth-order valence-corrected chi connectivity index (χ4v) is 2.98. The van der Waals surface area contributed by atoms with Crippen molar-refractivity contribution in [2.24, 2.45) is 0 Å². The molecule has 28 heavy (non-hydrogen) atoms. The lowest BCUT2D eigenvalue weighted by Gasteiger charge is -2.20. The lowest BCUT2D eigenvalue weighted by molar-refractivity contribution is -0.142. The fourth-order valence-electron chi connectivity index (χ4n) is 2.81.